The second-order valence-electron chi connectivity index (χ2n) is 3.42. The van der Waals surface area contributed by atoms with Gasteiger partial charge in [0.1, 0.15) is 5.78 Å². The van der Waals surface area contributed by atoms with E-state index in [1.807, 2.05) is 12.3 Å². The zero-order valence-corrected chi connectivity index (χ0v) is 9.08. The highest BCUT2D eigenvalue weighted by molar-refractivity contribution is 5.82. The molecular formula is C12H16N2O. The van der Waals surface area contributed by atoms with Crippen molar-refractivity contribution in [1.82, 2.24) is 4.98 Å². The molecule has 0 unspecified atom stereocenters. The highest BCUT2D eigenvalue weighted by Gasteiger charge is 1.94. The molecule has 0 atom stereocenters. The minimum atomic E-state index is 0.0324. The molecule has 0 saturated heterocycles. The number of aromatic amines is 1. The SMILES string of the molecule is CC(=O)CN.Cc1c[nH]c2ccccc12. The molecule has 0 aliphatic heterocycles. The number of fused-ring (bicyclic) bond motifs is 1. The molecule has 0 saturated carbocycles. The molecule has 1 aromatic carbocycles. The molecule has 0 amide bonds. The molecule has 0 spiro atoms. The Balaban J connectivity index is 0.000000195. The van der Waals surface area contributed by atoms with Crippen LogP contribution in [0.5, 0.6) is 0 Å². The topological polar surface area (TPSA) is 58.9 Å². The Morgan fingerprint density at radius 3 is 2.53 bits per heavy atom. The Morgan fingerprint density at radius 2 is 2.00 bits per heavy atom. The molecule has 3 heteroatoms. The quantitative estimate of drug-likeness (QED) is 0.746. The molecule has 15 heavy (non-hydrogen) atoms. The molecular weight excluding hydrogens is 188 g/mol. The van der Waals surface area contributed by atoms with E-state index in [9.17, 15) is 4.79 Å². The largest absolute Gasteiger partial charge is 0.361 e. The van der Waals surface area contributed by atoms with E-state index in [-0.39, 0.29) is 12.3 Å². The van der Waals surface area contributed by atoms with E-state index in [2.05, 4.69) is 30.1 Å². The van der Waals surface area contributed by atoms with Gasteiger partial charge in [-0.25, -0.2) is 0 Å². The normalized spacial score (nSPS) is 9.53. The van der Waals surface area contributed by atoms with Crippen LogP contribution in [-0.4, -0.2) is 17.3 Å². The van der Waals surface area contributed by atoms with Gasteiger partial charge in [0.15, 0.2) is 0 Å². The van der Waals surface area contributed by atoms with Gasteiger partial charge in [-0.2, -0.15) is 0 Å². The van der Waals surface area contributed by atoms with E-state index in [0.717, 1.165) is 0 Å². The maximum absolute atomic E-state index is 9.69. The molecule has 3 nitrogen and oxygen atoms in total. The summed E-state index contributed by atoms with van der Waals surface area (Å²) >= 11 is 0. The van der Waals surface area contributed by atoms with Crippen molar-refractivity contribution >= 4 is 16.7 Å². The van der Waals surface area contributed by atoms with Crippen LogP contribution in [0.2, 0.25) is 0 Å². The van der Waals surface area contributed by atoms with Crippen LogP contribution in [0.1, 0.15) is 12.5 Å². The fraction of sp³-hybridized carbons (Fsp3) is 0.250. The van der Waals surface area contributed by atoms with Gasteiger partial charge in [0.05, 0.1) is 6.54 Å². The zero-order valence-electron chi connectivity index (χ0n) is 9.08. The van der Waals surface area contributed by atoms with Crippen LogP contribution in [0.3, 0.4) is 0 Å². The van der Waals surface area contributed by atoms with Crippen molar-refractivity contribution < 1.29 is 4.79 Å². The van der Waals surface area contributed by atoms with E-state index in [0.29, 0.717) is 0 Å². The predicted molar refractivity (Wildman–Crippen MR) is 62.8 cm³/mol. The highest BCUT2D eigenvalue weighted by atomic mass is 16.1. The smallest absolute Gasteiger partial charge is 0.143 e. The number of rotatable bonds is 1. The van der Waals surface area contributed by atoms with Gasteiger partial charge >= 0.3 is 0 Å². The van der Waals surface area contributed by atoms with Gasteiger partial charge in [0.25, 0.3) is 0 Å². The first-order chi connectivity index (χ1) is 7.15. The van der Waals surface area contributed by atoms with E-state index >= 15 is 0 Å². The number of hydrogen-bond acceptors (Lipinski definition) is 2. The summed E-state index contributed by atoms with van der Waals surface area (Å²) in [6.07, 6.45) is 2.03. The Kier molecular flexibility index (Phi) is 4.06. The molecule has 0 aliphatic rings. The molecule has 0 fully saturated rings. The number of hydrogen-bond donors (Lipinski definition) is 2. The lowest BCUT2D eigenvalue weighted by Crippen LogP contribution is -2.07. The molecule has 1 heterocycles. The number of carbonyl (C=O) groups excluding carboxylic acids is 1. The average molecular weight is 204 g/mol. The fourth-order valence-corrected chi connectivity index (χ4v) is 1.22. The summed E-state index contributed by atoms with van der Waals surface area (Å²) in [6.45, 7) is 3.73. The first-order valence-corrected chi connectivity index (χ1v) is 4.87. The van der Waals surface area contributed by atoms with Crippen molar-refractivity contribution in [2.75, 3.05) is 6.54 Å². The summed E-state index contributed by atoms with van der Waals surface area (Å²) in [6, 6.07) is 8.31. The van der Waals surface area contributed by atoms with E-state index in [1.54, 1.807) is 0 Å². The third kappa shape index (κ3) is 3.22. The summed E-state index contributed by atoms with van der Waals surface area (Å²) in [5.41, 5.74) is 7.36. The Bertz CT molecular complexity index is 446. The van der Waals surface area contributed by atoms with Crippen LogP contribution >= 0.6 is 0 Å². The second kappa shape index (κ2) is 5.32. The molecule has 2 rings (SSSR count). The summed E-state index contributed by atoms with van der Waals surface area (Å²) in [7, 11) is 0. The van der Waals surface area contributed by atoms with Gasteiger partial charge in [-0.05, 0) is 25.5 Å². The Morgan fingerprint density at radius 1 is 1.40 bits per heavy atom. The number of para-hydroxylation sites is 1. The fourth-order valence-electron chi connectivity index (χ4n) is 1.22. The number of aromatic nitrogens is 1. The van der Waals surface area contributed by atoms with Crippen molar-refractivity contribution in [2.45, 2.75) is 13.8 Å². The minimum absolute atomic E-state index is 0.0324. The van der Waals surface area contributed by atoms with Gasteiger partial charge in [-0.15, -0.1) is 0 Å². The summed E-state index contributed by atoms with van der Waals surface area (Å²) in [5, 5.41) is 1.32. The van der Waals surface area contributed by atoms with Gasteiger partial charge in [0.2, 0.25) is 0 Å². The number of carbonyl (C=O) groups is 1. The average Bonchev–Trinajstić information content (AvgIpc) is 2.62. The number of aryl methyl sites for hydroxylation is 1. The first-order valence-electron chi connectivity index (χ1n) is 4.87. The summed E-state index contributed by atoms with van der Waals surface area (Å²) in [5.74, 6) is 0.0324. The van der Waals surface area contributed by atoms with Crippen molar-refractivity contribution in [1.29, 1.82) is 0 Å². The Hall–Kier alpha value is -1.61. The van der Waals surface area contributed by atoms with Crippen molar-refractivity contribution in [2.24, 2.45) is 5.73 Å². The molecule has 0 bridgehead atoms. The maximum Gasteiger partial charge on any atom is 0.143 e. The van der Waals surface area contributed by atoms with Crippen LogP contribution in [0.25, 0.3) is 10.9 Å². The van der Waals surface area contributed by atoms with Gasteiger partial charge in [-0.3, -0.25) is 4.79 Å². The lowest BCUT2D eigenvalue weighted by atomic mass is 10.2. The zero-order chi connectivity index (χ0) is 11.3. The molecule has 1 aromatic heterocycles. The number of ketones is 1. The number of H-pyrrole nitrogens is 1. The van der Waals surface area contributed by atoms with Crippen molar-refractivity contribution in [3.8, 4) is 0 Å². The lowest BCUT2D eigenvalue weighted by molar-refractivity contribution is -0.115. The monoisotopic (exact) mass is 204 g/mol. The third-order valence-corrected chi connectivity index (χ3v) is 2.08. The molecule has 2 aromatic rings. The lowest BCUT2D eigenvalue weighted by Gasteiger charge is -1.86. The van der Waals surface area contributed by atoms with Crippen LogP contribution in [0.4, 0.5) is 0 Å². The van der Waals surface area contributed by atoms with Crippen molar-refractivity contribution in [3.63, 3.8) is 0 Å². The van der Waals surface area contributed by atoms with E-state index in [4.69, 9.17) is 5.73 Å². The first kappa shape index (κ1) is 11.5. The van der Waals surface area contributed by atoms with Crippen LogP contribution in [0.15, 0.2) is 30.5 Å². The van der Waals surface area contributed by atoms with Gasteiger partial charge in [0, 0.05) is 17.1 Å². The standard InChI is InChI=1S/C9H9N.C3H7NO/c1-7-6-10-9-5-3-2-4-8(7)9;1-3(5)2-4/h2-6,10H,1H3;2,4H2,1H3. The van der Waals surface area contributed by atoms with Crippen molar-refractivity contribution in [3.05, 3.63) is 36.0 Å². The number of Topliss-reactive ketones (excluding diaryl/α,β-unsaturated/α-hetero) is 1. The molecule has 3 N–H and O–H groups in total. The maximum atomic E-state index is 9.69. The minimum Gasteiger partial charge on any atom is -0.361 e. The van der Waals surface area contributed by atoms with E-state index < -0.39 is 0 Å². The van der Waals surface area contributed by atoms with Gasteiger partial charge < -0.3 is 10.7 Å². The summed E-state index contributed by atoms with van der Waals surface area (Å²) in [4.78, 5) is 12.9. The number of benzene rings is 1. The third-order valence-electron chi connectivity index (χ3n) is 2.08. The Labute approximate surface area is 89.3 Å². The molecule has 0 aliphatic carbocycles. The second-order valence-corrected chi connectivity index (χ2v) is 3.42. The van der Waals surface area contributed by atoms with Crippen LogP contribution in [-0.2, 0) is 4.79 Å². The number of nitrogens with two attached hydrogens (primary N) is 1. The van der Waals surface area contributed by atoms with E-state index in [1.165, 1.54) is 23.4 Å². The predicted octanol–water partition coefficient (Wildman–Crippen LogP) is 2.01. The molecule has 0 radical (unpaired) electrons. The summed E-state index contributed by atoms with van der Waals surface area (Å²) < 4.78 is 0. The van der Waals surface area contributed by atoms with Crippen LogP contribution < -0.4 is 5.73 Å². The van der Waals surface area contributed by atoms with Crippen LogP contribution in [0, 0.1) is 6.92 Å². The van der Waals surface area contributed by atoms with Gasteiger partial charge in [-0.1, -0.05) is 18.2 Å². The number of nitrogens with one attached hydrogen (secondary N) is 1. The highest BCUT2D eigenvalue weighted by Crippen LogP contribution is 2.15. The molecule has 80 valence electrons.